The van der Waals surface area contributed by atoms with Crippen LogP contribution in [-0.2, 0) is 12.0 Å². The van der Waals surface area contributed by atoms with Crippen LogP contribution in [0, 0.1) is 0 Å². The van der Waals surface area contributed by atoms with Crippen LogP contribution in [0.2, 0.25) is 0 Å². The molecule has 6 nitrogen and oxygen atoms in total. The van der Waals surface area contributed by atoms with E-state index in [0.29, 0.717) is 25.0 Å². The van der Waals surface area contributed by atoms with Crippen molar-refractivity contribution in [1.82, 2.24) is 15.4 Å². The fraction of sp³-hybridized carbons (Fsp3) is 0.778. The molecule has 1 aromatic heterocycles. The van der Waals surface area contributed by atoms with Gasteiger partial charge in [0, 0.05) is 12.5 Å². The lowest BCUT2D eigenvalue weighted by atomic mass is 9.81. The lowest BCUT2D eigenvalue weighted by Crippen LogP contribution is -2.45. The Balaban J connectivity index is 2.10. The highest BCUT2D eigenvalue weighted by molar-refractivity contribution is 5.26. The van der Waals surface area contributed by atoms with E-state index in [2.05, 4.69) is 14.9 Å². The van der Waals surface area contributed by atoms with Gasteiger partial charge in [-0.3, -0.25) is 0 Å². The van der Waals surface area contributed by atoms with Gasteiger partial charge in [0.1, 0.15) is 17.0 Å². The Kier molecular flexibility index (Phi) is 1.72. The van der Waals surface area contributed by atoms with E-state index >= 15 is 0 Å². The zero-order valence-corrected chi connectivity index (χ0v) is 8.42. The smallest absolute Gasteiger partial charge is 0.141 e. The van der Waals surface area contributed by atoms with E-state index in [0.717, 1.165) is 5.69 Å². The van der Waals surface area contributed by atoms with Crippen LogP contribution in [-0.4, -0.2) is 37.8 Å². The predicted octanol–water partition coefficient (Wildman–Crippen LogP) is 0.0554. The SMILES string of the molecule is C[C@@H]1C[C@]2(O)c3nonc3CC[C@@H]2N1O. The Morgan fingerprint density at radius 2 is 2.33 bits per heavy atom. The Bertz CT molecular complexity index is 394. The van der Waals surface area contributed by atoms with Crippen molar-refractivity contribution in [2.24, 2.45) is 0 Å². The van der Waals surface area contributed by atoms with E-state index in [1.54, 1.807) is 0 Å². The summed E-state index contributed by atoms with van der Waals surface area (Å²) in [7, 11) is 0. The van der Waals surface area contributed by atoms with Crippen LogP contribution in [0.15, 0.2) is 4.63 Å². The highest BCUT2D eigenvalue weighted by atomic mass is 16.6. The maximum atomic E-state index is 10.5. The first kappa shape index (κ1) is 9.26. The predicted molar refractivity (Wildman–Crippen MR) is 48.0 cm³/mol. The van der Waals surface area contributed by atoms with E-state index in [4.69, 9.17) is 0 Å². The molecule has 0 unspecified atom stereocenters. The van der Waals surface area contributed by atoms with Crippen molar-refractivity contribution in [3.05, 3.63) is 11.4 Å². The van der Waals surface area contributed by atoms with Crippen molar-refractivity contribution in [3.63, 3.8) is 0 Å². The first-order valence-corrected chi connectivity index (χ1v) is 5.14. The summed E-state index contributed by atoms with van der Waals surface area (Å²) in [5.74, 6) is 0. The molecule has 2 heterocycles. The highest BCUT2D eigenvalue weighted by Crippen LogP contribution is 2.45. The zero-order chi connectivity index (χ0) is 10.6. The fourth-order valence-electron chi connectivity index (χ4n) is 2.80. The molecule has 6 heteroatoms. The molecule has 0 radical (unpaired) electrons. The van der Waals surface area contributed by atoms with Gasteiger partial charge in [0.15, 0.2) is 0 Å². The monoisotopic (exact) mass is 211 g/mol. The van der Waals surface area contributed by atoms with Gasteiger partial charge in [-0.25, -0.2) is 4.63 Å². The second-order valence-corrected chi connectivity index (χ2v) is 4.47. The molecule has 2 N–H and O–H groups in total. The summed E-state index contributed by atoms with van der Waals surface area (Å²) in [6, 6.07) is -0.352. The van der Waals surface area contributed by atoms with Crippen LogP contribution in [0.4, 0.5) is 0 Å². The summed E-state index contributed by atoms with van der Waals surface area (Å²) in [6.45, 7) is 1.88. The van der Waals surface area contributed by atoms with Crippen LogP contribution in [0.3, 0.4) is 0 Å². The number of aromatic nitrogens is 2. The second kappa shape index (κ2) is 2.78. The molecule has 82 valence electrons. The number of aryl methyl sites for hydroxylation is 1. The highest BCUT2D eigenvalue weighted by Gasteiger charge is 2.55. The summed E-state index contributed by atoms with van der Waals surface area (Å²) < 4.78 is 4.65. The largest absolute Gasteiger partial charge is 0.382 e. The van der Waals surface area contributed by atoms with Crippen molar-refractivity contribution in [2.75, 3.05) is 0 Å². The van der Waals surface area contributed by atoms with Crippen LogP contribution in [0.1, 0.15) is 31.2 Å². The van der Waals surface area contributed by atoms with Gasteiger partial charge in [-0.15, -0.1) is 0 Å². The molecule has 1 fully saturated rings. The molecule has 0 amide bonds. The van der Waals surface area contributed by atoms with E-state index < -0.39 is 5.60 Å². The first-order valence-electron chi connectivity index (χ1n) is 5.14. The van der Waals surface area contributed by atoms with Gasteiger partial charge in [-0.1, -0.05) is 10.3 Å². The molecule has 0 saturated carbocycles. The van der Waals surface area contributed by atoms with E-state index in [9.17, 15) is 10.3 Å². The lowest BCUT2D eigenvalue weighted by Gasteiger charge is -2.33. The normalized spacial score (nSPS) is 40.2. The summed E-state index contributed by atoms with van der Waals surface area (Å²) in [5, 5.41) is 29.1. The molecule has 3 atom stereocenters. The van der Waals surface area contributed by atoms with Crippen LogP contribution >= 0.6 is 0 Å². The molecule has 15 heavy (non-hydrogen) atoms. The quantitative estimate of drug-likeness (QED) is 0.631. The van der Waals surface area contributed by atoms with Gasteiger partial charge >= 0.3 is 0 Å². The van der Waals surface area contributed by atoms with Gasteiger partial charge in [0.25, 0.3) is 0 Å². The topological polar surface area (TPSA) is 82.6 Å². The van der Waals surface area contributed by atoms with Crippen molar-refractivity contribution in [1.29, 1.82) is 0 Å². The summed E-state index contributed by atoms with van der Waals surface area (Å²) in [6.07, 6.45) is 1.84. The number of hydroxylamine groups is 2. The molecule has 0 bridgehead atoms. The molecule has 1 aromatic rings. The molecule has 1 aliphatic carbocycles. The van der Waals surface area contributed by atoms with Crippen LogP contribution in [0.5, 0.6) is 0 Å². The number of hydrogen-bond donors (Lipinski definition) is 2. The van der Waals surface area contributed by atoms with Gasteiger partial charge < -0.3 is 10.3 Å². The van der Waals surface area contributed by atoms with E-state index in [1.807, 2.05) is 6.92 Å². The maximum absolute atomic E-state index is 10.5. The van der Waals surface area contributed by atoms with Gasteiger partial charge in [-0.05, 0) is 19.8 Å². The number of aliphatic hydroxyl groups is 1. The Labute approximate surface area is 86.4 Å². The molecule has 0 spiro atoms. The fourth-order valence-corrected chi connectivity index (χ4v) is 2.80. The first-order chi connectivity index (χ1) is 7.13. The molecular weight excluding hydrogens is 198 g/mol. The number of hydrogen-bond acceptors (Lipinski definition) is 6. The number of rotatable bonds is 0. The summed E-state index contributed by atoms with van der Waals surface area (Å²) >= 11 is 0. The molecule has 2 aliphatic rings. The Hall–Kier alpha value is -0.980. The van der Waals surface area contributed by atoms with E-state index in [1.165, 1.54) is 5.06 Å². The van der Waals surface area contributed by atoms with Crippen molar-refractivity contribution in [3.8, 4) is 0 Å². The number of fused-ring (bicyclic) bond motifs is 3. The number of nitrogens with zero attached hydrogens (tertiary/aromatic N) is 3. The molecule has 3 rings (SSSR count). The van der Waals surface area contributed by atoms with Crippen molar-refractivity contribution >= 4 is 0 Å². The van der Waals surface area contributed by atoms with Crippen LogP contribution in [0.25, 0.3) is 0 Å². The molecular formula is C9H13N3O3. The standard InChI is InChI=1S/C9H13N3O3/c1-5-4-9(13)7(12(5)14)3-2-6-8(9)11-15-10-6/h5,7,13-14H,2-4H2,1H3/t5-,7+,9-/m1/s1. The third-order valence-corrected chi connectivity index (χ3v) is 3.55. The molecule has 1 saturated heterocycles. The van der Waals surface area contributed by atoms with Crippen molar-refractivity contribution < 1.29 is 14.9 Å². The van der Waals surface area contributed by atoms with Crippen LogP contribution < -0.4 is 0 Å². The third-order valence-electron chi connectivity index (χ3n) is 3.55. The average molecular weight is 211 g/mol. The second-order valence-electron chi connectivity index (χ2n) is 4.47. The summed E-state index contributed by atoms with van der Waals surface area (Å²) in [5.41, 5.74) is 0.125. The van der Waals surface area contributed by atoms with Gasteiger partial charge in [0.05, 0.1) is 6.04 Å². The minimum absolute atomic E-state index is 0.0670. The maximum Gasteiger partial charge on any atom is 0.141 e. The molecule has 1 aliphatic heterocycles. The minimum atomic E-state index is -1.10. The molecule has 0 aromatic carbocycles. The summed E-state index contributed by atoms with van der Waals surface area (Å²) in [4.78, 5) is 0. The average Bonchev–Trinajstić information content (AvgIpc) is 2.72. The van der Waals surface area contributed by atoms with Crippen molar-refractivity contribution in [2.45, 2.75) is 43.9 Å². The Morgan fingerprint density at radius 1 is 1.53 bits per heavy atom. The zero-order valence-electron chi connectivity index (χ0n) is 8.42. The van der Waals surface area contributed by atoms with Gasteiger partial charge in [-0.2, -0.15) is 5.06 Å². The lowest BCUT2D eigenvalue weighted by molar-refractivity contribution is -0.159. The Morgan fingerprint density at radius 3 is 3.13 bits per heavy atom. The van der Waals surface area contributed by atoms with Gasteiger partial charge in [0.2, 0.25) is 0 Å². The minimum Gasteiger partial charge on any atom is -0.382 e. The third kappa shape index (κ3) is 1.04. The van der Waals surface area contributed by atoms with E-state index in [-0.39, 0.29) is 12.1 Å².